The Bertz CT molecular complexity index is 534. The number of aromatic nitrogens is 1. The summed E-state index contributed by atoms with van der Waals surface area (Å²) in [7, 11) is 0. The topological polar surface area (TPSA) is 24.9 Å². The average molecular weight is 309 g/mol. The van der Waals surface area contributed by atoms with Gasteiger partial charge in [0.1, 0.15) is 9.34 Å². The van der Waals surface area contributed by atoms with Gasteiger partial charge in [-0.2, -0.15) is 0 Å². The third-order valence-electron chi connectivity index (χ3n) is 3.41. The maximum Gasteiger partial charge on any atom is 0.113 e. The molecule has 1 aromatic heterocycles. The van der Waals surface area contributed by atoms with Crippen LogP contribution in [0.15, 0.2) is 30.5 Å². The fourth-order valence-corrected chi connectivity index (χ4v) is 3.17. The lowest BCUT2D eigenvalue weighted by atomic mass is 9.95. The Morgan fingerprint density at radius 1 is 1.25 bits per heavy atom. The summed E-state index contributed by atoms with van der Waals surface area (Å²) < 4.78 is 0.746. The van der Waals surface area contributed by atoms with Crippen molar-refractivity contribution in [3.63, 3.8) is 0 Å². The van der Waals surface area contributed by atoms with Crippen molar-refractivity contribution in [2.24, 2.45) is 5.92 Å². The molecule has 1 aromatic carbocycles. The number of hydrogen-bond donors (Lipinski definition) is 1. The Hall–Kier alpha value is -0.900. The molecule has 2 aromatic rings. The summed E-state index contributed by atoms with van der Waals surface area (Å²) in [4.78, 5) is 4.29. The summed E-state index contributed by atoms with van der Waals surface area (Å²) in [5.74, 6) is 0.526. The highest BCUT2D eigenvalue weighted by molar-refractivity contribution is 7.15. The zero-order chi connectivity index (χ0) is 14.5. The third kappa shape index (κ3) is 4.05. The zero-order valence-corrected chi connectivity index (χ0v) is 13.8. The van der Waals surface area contributed by atoms with Gasteiger partial charge in [-0.25, -0.2) is 4.98 Å². The van der Waals surface area contributed by atoms with Gasteiger partial charge in [-0.05, 0) is 23.5 Å². The van der Waals surface area contributed by atoms with Crippen LogP contribution in [-0.4, -0.2) is 4.98 Å². The molecule has 0 amide bonds. The molecule has 0 aliphatic carbocycles. The van der Waals surface area contributed by atoms with Crippen molar-refractivity contribution in [2.45, 2.75) is 39.8 Å². The first-order valence-corrected chi connectivity index (χ1v) is 8.22. The van der Waals surface area contributed by atoms with E-state index in [0.717, 1.165) is 22.3 Å². The Kier molecular flexibility index (Phi) is 5.58. The van der Waals surface area contributed by atoms with Crippen molar-refractivity contribution in [2.75, 3.05) is 0 Å². The fraction of sp³-hybridized carbons (Fsp3) is 0.438. The van der Waals surface area contributed by atoms with Gasteiger partial charge in [0.25, 0.3) is 0 Å². The van der Waals surface area contributed by atoms with Crippen molar-refractivity contribution in [3.05, 3.63) is 50.9 Å². The highest BCUT2D eigenvalue weighted by atomic mass is 35.5. The highest BCUT2D eigenvalue weighted by Crippen LogP contribution is 2.24. The van der Waals surface area contributed by atoms with Crippen LogP contribution in [0, 0.1) is 5.92 Å². The van der Waals surface area contributed by atoms with Gasteiger partial charge in [0.05, 0.1) is 6.20 Å². The second kappa shape index (κ2) is 7.21. The summed E-state index contributed by atoms with van der Waals surface area (Å²) in [5, 5.41) is 4.63. The van der Waals surface area contributed by atoms with Crippen molar-refractivity contribution >= 4 is 22.9 Å². The van der Waals surface area contributed by atoms with Crippen molar-refractivity contribution in [3.8, 4) is 0 Å². The van der Waals surface area contributed by atoms with Gasteiger partial charge < -0.3 is 5.32 Å². The van der Waals surface area contributed by atoms with E-state index in [-0.39, 0.29) is 0 Å². The van der Waals surface area contributed by atoms with Gasteiger partial charge >= 0.3 is 0 Å². The molecule has 0 spiro atoms. The standard InChI is InChI=1S/C16H21ClN2S/c1-4-12-5-7-13(8-6-12)16(11(2)3)19-10-15-18-9-14(17)20-15/h5-9,11,16,19H,4,10H2,1-3H3. The van der Waals surface area contributed by atoms with Gasteiger partial charge in [0.15, 0.2) is 0 Å². The van der Waals surface area contributed by atoms with Crippen LogP contribution in [0.3, 0.4) is 0 Å². The van der Waals surface area contributed by atoms with E-state index in [1.807, 2.05) is 0 Å². The predicted octanol–water partition coefficient (Wildman–Crippen LogP) is 4.85. The molecule has 0 saturated heterocycles. The fourth-order valence-electron chi connectivity index (χ4n) is 2.27. The molecule has 2 rings (SSSR count). The number of hydrogen-bond acceptors (Lipinski definition) is 3. The lowest BCUT2D eigenvalue weighted by Crippen LogP contribution is -2.25. The van der Waals surface area contributed by atoms with Crippen LogP contribution in [0.5, 0.6) is 0 Å². The van der Waals surface area contributed by atoms with E-state index in [4.69, 9.17) is 11.6 Å². The van der Waals surface area contributed by atoms with E-state index in [0.29, 0.717) is 12.0 Å². The van der Waals surface area contributed by atoms with E-state index in [2.05, 4.69) is 55.3 Å². The zero-order valence-electron chi connectivity index (χ0n) is 12.2. The summed E-state index contributed by atoms with van der Waals surface area (Å²) >= 11 is 7.45. The number of halogens is 1. The van der Waals surface area contributed by atoms with Gasteiger partial charge in [0.2, 0.25) is 0 Å². The van der Waals surface area contributed by atoms with Gasteiger partial charge in [-0.3, -0.25) is 0 Å². The van der Waals surface area contributed by atoms with Crippen LogP contribution in [0.25, 0.3) is 0 Å². The van der Waals surface area contributed by atoms with Crippen molar-refractivity contribution in [1.82, 2.24) is 10.3 Å². The highest BCUT2D eigenvalue weighted by Gasteiger charge is 2.15. The molecular weight excluding hydrogens is 288 g/mol. The van der Waals surface area contributed by atoms with E-state index >= 15 is 0 Å². The SMILES string of the molecule is CCc1ccc(C(NCc2ncc(Cl)s2)C(C)C)cc1. The van der Waals surface area contributed by atoms with Crippen LogP contribution in [0.2, 0.25) is 4.34 Å². The molecule has 1 atom stereocenters. The van der Waals surface area contributed by atoms with Crippen LogP contribution in [-0.2, 0) is 13.0 Å². The number of nitrogens with one attached hydrogen (secondary N) is 1. The summed E-state index contributed by atoms with van der Waals surface area (Å²) in [6.45, 7) is 7.41. The number of nitrogens with zero attached hydrogens (tertiary/aromatic N) is 1. The first-order valence-electron chi connectivity index (χ1n) is 7.02. The lowest BCUT2D eigenvalue weighted by molar-refractivity contribution is 0.410. The average Bonchev–Trinajstić information content (AvgIpc) is 2.85. The Morgan fingerprint density at radius 2 is 1.95 bits per heavy atom. The Morgan fingerprint density at radius 3 is 2.45 bits per heavy atom. The number of aryl methyl sites for hydroxylation is 1. The minimum atomic E-state index is 0.337. The smallest absolute Gasteiger partial charge is 0.113 e. The quantitative estimate of drug-likeness (QED) is 0.825. The van der Waals surface area contributed by atoms with E-state index < -0.39 is 0 Å². The van der Waals surface area contributed by atoms with Crippen molar-refractivity contribution in [1.29, 1.82) is 0 Å². The summed E-state index contributed by atoms with van der Waals surface area (Å²) in [5.41, 5.74) is 2.71. The second-order valence-corrected chi connectivity index (χ2v) is 7.00. The van der Waals surface area contributed by atoms with Gasteiger partial charge in [0, 0.05) is 12.6 Å². The van der Waals surface area contributed by atoms with Crippen LogP contribution < -0.4 is 5.32 Å². The number of rotatable bonds is 6. The molecule has 1 unspecified atom stereocenters. The van der Waals surface area contributed by atoms with Crippen LogP contribution in [0.1, 0.15) is 42.9 Å². The molecule has 0 fully saturated rings. The summed E-state index contributed by atoms with van der Waals surface area (Å²) in [6.07, 6.45) is 2.79. The maximum atomic E-state index is 5.92. The van der Waals surface area contributed by atoms with Crippen LogP contribution in [0.4, 0.5) is 0 Å². The molecule has 1 N–H and O–H groups in total. The molecule has 1 heterocycles. The van der Waals surface area contributed by atoms with Gasteiger partial charge in [-0.15, -0.1) is 11.3 Å². The molecule has 0 aliphatic rings. The second-order valence-electron chi connectivity index (χ2n) is 5.26. The first-order chi connectivity index (χ1) is 9.60. The minimum absolute atomic E-state index is 0.337. The van der Waals surface area contributed by atoms with E-state index in [1.165, 1.54) is 22.5 Å². The molecule has 0 bridgehead atoms. The van der Waals surface area contributed by atoms with E-state index in [1.54, 1.807) is 6.20 Å². The lowest BCUT2D eigenvalue weighted by Gasteiger charge is -2.22. The maximum absolute atomic E-state index is 5.92. The molecule has 108 valence electrons. The molecule has 2 nitrogen and oxygen atoms in total. The first kappa shape index (κ1) is 15.5. The van der Waals surface area contributed by atoms with Gasteiger partial charge in [-0.1, -0.05) is 56.6 Å². The third-order valence-corrected chi connectivity index (χ3v) is 4.53. The van der Waals surface area contributed by atoms with E-state index in [9.17, 15) is 0 Å². The Labute approximate surface area is 130 Å². The molecule has 20 heavy (non-hydrogen) atoms. The molecule has 4 heteroatoms. The van der Waals surface area contributed by atoms with Crippen molar-refractivity contribution < 1.29 is 0 Å². The summed E-state index contributed by atoms with van der Waals surface area (Å²) in [6, 6.07) is 9.22. The molecule has 0 saturated carbocycles. The molecule has 0 radical (unpaired) electrons. The largest absolute Gasteiger partial charge is 0.303 e. The number of thiazole rings is 1. The normalized spacial score (nSPS) is 12.8. The number of benzene rings is 1. The minimum Gasteiger partial charge on any atom is -0.303 e. The molecule has 0 aliphatic heterocycles. The predicted molar refractivity (Wildman–Crippen MR) is 87.4 cm³/mol. The van der Waals surface area contributed by atoms with Crippen LogP contribution >= 0.6 is 22.9 Å². The Balaban J connectivity index is 2.06. The monoisotopic (exact) mass is 308 g/mol. The molecular formula is C16H21ClN2S.